The van der Waals surface area contributed by atoms with E-state index in [9.17, 15) is 0 Å². The second-order valence-corrected chi connectivity index (χ2v) is 12.1. The molecule has 10 rings (SSSR count). The predicted octanol–water partition coefficient (Wildman–Crippen LogP) is 11.9. The Balaban J connectivity index is 1.40. The van der Waals surface area contributed by atoms with Crippen molar-refractivity contribution < 1.29 is 0 Å². The molecule has 0 radical (unpaired) electrons. The number of nitrogens with zero attached hydrogens (tertiary/aromatic N) is 2. The molecule has 0 N–H and O–H groups in total. The van der Waals surface area contributed by atoms with Crippen LogP contribution >= 0.6 is 0 Å². The molecule has 0 bridgehead atoms. The summed E-state index contributed by atoms with van der Waals surface area (Å²) in [5.74, 6) is 0. The van der Waals surface area contributed by atoms with Crippen LogP contribution in [0.3, 0.4) is 0 Å². The van der Waals surface area contributed by atoms with Gasteiger partial charge in [0.25, 0.3) is 0 Å². The lowest BCUT2D eigenvalue weighted by Gasteiger charge is -2.17. The monoisotopic (exact) mass is 584 g/mol. The Morgan fingerprint density at radius 3 is 1.63 bits per heavy atom. The average molecular weight is 585 g/mol. The molecule has 2 heterocycles. The third kappa shape index (κ3) is 3.53. The highest BCUT2D eigenvalue weighted by Gasteiger charge is 2.22. The molecular formula is C44H28N2. The van der Waals surface area contributed by atoms with Crippen molar-refractivity contribution in [2.45, 2.75) is 0 Å². The standard InChI is InChI=1S/C44H28N2/c1-2-14-31-28-32(25-24-29(31)12-1)45-40-21-8-6-18-36(40)38-26-27-39-37-19-7-10-23-42(37)46(44(39)43(38)45)41-22-9-5-17-35(41)34-20-11-15-30-13-3-4-16-33(30)34/h1-28H. The predicted molar refractivity (Wildman–Crippen MR) is 196 cm³/mol. The van der Waals surface area contributed by atoms with Crippen molar-refractivity contribution >= 4 is 65.2 Å². The van der Waals surface area contributed by atoms with Gasteiger partial charge in [-0.25, -0.2) is 0 Å². The smallest absolute Gasteiger partial charge is 0.0789 e. The fraction of sp³-hybridized carbons (Fsp3) is 0. The first-order valence-corrected chi connectivity index (χ1v) is 15.9. The molecule has 0 spiro atoms. The van der Waals surface area contributed by atoms with Crippen molar-refractivity contribution in [2.24, 2.45) is 0 Å². The lowest BCUT2D eigenvalue weighted by molar-refractivity contribution is 1.15. The molecule has 0 atom stereocenters. The third-order valence-electron chi connectivity index (χ3n) is 9.68. The van der Waals surface area contributed by atoms with Gasteiger partial charge in [0.15, 0.2) is 0 Å². The molecule has 2 aromatic heterocycles. The zero-order valence-electron chi connectivity index (χ0n) is 25.1. The van der Waals surface area contributed by atoms with Gasteiger partial charge in [-0.2, -0.15) is 0 Å². The number of rotatable bonds is 3. The number of para-hydroxylation sites is 3. The Bertz CT molecular complexity index is 2810. The number of aromatic nitrogens is 2. The molecule has 2 nitrogen and oxygen atoms in total. The maximum absolute atomic E-state index is 2.51. The van der Waals surface area contributed by atoms with E-state index < -0.39 is 0 Å². The highest BCUT2D eigenvalue weighted by Crippen LogP contribution is 2.43. The quantitative estimate of drug-likeness (QED) is 0.195. The largest absolute Gasteiger partial charge is 0.307 e. The summed E-state index contributed by atoms with van der Waals surface area (Å²) in [7, 11) is 0. The van der Waals surface area contributed by atoms with Crippen LogP contribution < -0.4 is 0 Å². The molecule has 46 heavy (non-hydrogen) atoms. The maximum atomic E-state index is 2.51. The van der Waals surface area contributed by atoms with Crippen LogP contribution in [-0.4, -0.2) is 9.13 Å². The van der Waals surface area contributed by atoms with Crippen molar-refractivity contribution in [2.75, 3.05) is 0 Å². The lowest BCUT2D eigenvalue weighted by atomic mass is 9.97. The van der Waals surface area contributed by atoms with E-state index in [1.54, 1.807) is 0 Å². The Hall–Kier alpha value is -6.12. The molecule has 0 unspecified atom stereocenters. The number of hydrogen-bond acceptors (Lipinski definition) is 0. The molecule has 2 heteroatoms. The number of hydrogen-bond donors (Lipinski definition) is 0. The van der Waals surface area contributed by atoms with Gasteiger partial charge in [-0.1, -0.05) is 140 Å². The minimum absolute atomic E-state index is 1.16. The van der Waals surface area contributed by atoms with Gasteiger partial charge in [-0.15, -0.1) is 0 Å². The van der Waals surface area contributed by atoms with Crippen LogP contribution in [0.25, 0.3) is 87.7 Å². The highest BCUT2D eigenvalue weighted by molar-refractivity contribution is 6.24. The summed E-state index contributed by atoms with van der Waals surface area (Å²) in [5.41, 5.74) is 9.64. The van der Waals surface area contributed by atoms with Crippen molar-refractivity contribution in [3.8, 4) is 22.5 Å². The van der Waals surface area contributed by atoms with E-state index >= 15 is 0 Å². The van der Waals surface area contributed by atoms with Gasteiger partial charge in [0.05, 0.1) is 27.8 Å². The molecule has 0 aliphatic rings. The minimum atomic E-state index is 1.16. The zero-order chi connectivity index (χ0) is 30.2. The Morgan fingerprint density at radius 2 is 0.848 bits per heavy atom. The van der Waals surface area contributed by atoms with Crippen molar-refractivity contribution in [3.63, 3.8) is 0 Å². The van der Waals surface area contributed by atoms with Crippen LogP contribution in [0.5, 0.6) is 0 Å². The molecule has 8 aromatic carbocycles. The summed E-state index contributed by atoms with van der Waals surface area (Å²) in [5, 5.41) is 10.00. The van der Waals surface area contributed by atoms with Crippen molar-refractivity contribution in [3.05, 3.63) is 170 Å². The van der Waals surface area contributed by atoms with Gasteiger partial charge in [0.1, 0.15) is 0 Å². The topological polar surface area (TPSA) is 9.86 Å². The van der Waals surface area contributed by atoms with E-state index in [-0.39, 0.29) is 0 Å². The first-order chi connectivity index (χ1) is 22.8. The normalized spacial score (nSPS) is 11.9. The molecule has 10 aromatic rings. The zero-order valence-corrected chi connectivity index (χ0v) is 25.1. The van der Waals surface area contributed by atoms with Gasteiger partial charge < -0.3 is 9.13 Å². The van der Waals surface area contributed by atoms with E-state index in [0.717, 1.165) is 5.69 Å². The summed E-state index contributed by atoms with van der Waals surface area (Å²) in [6, 6.07) is 62.0. The van der Waals surface area contributed by atoms with Crippen LogP contribution in [-0.2, 0) is 0 Å². The van der Waals surface area contributed by atoms with Crippen LogP contribution in [0, 0.1) is 0 Å². The Labute approximate surface area is 266 Å². The maximum Gasteiger partial charge on any atom is 0.0789 e. The van der Waals surface area contributed by atoms with Gasteiger partial charge >= 0.3 is 0 Å². The van der Waals surface area contributed by atoms with Gasteiger partial charge in [0, 0.05) is 32.8 Å². The molecule has 0 saturated heterocycles. The van der Waals surface area contributed by atoms with E-state index in [4.69, 9.17) is 0 Å². The number of benzene rings is 8. The summed E-state index contributed by atoms with van der Waals surface area (Å²) >= 11 is 0. The third-order valence-corrected chi connectivity index (χ3v) is 9.68. The Kier molecular flexibility index (Phi) is 5.31. The van der Waals surface area contributed by atoms with Gasteiger partial charge in [-0.3, -0.25) is 0 Å². The molecule has 0 aliphatic heterocycles. The van der Waals surface area contributed by atoms with E-state index in [2.05, 4.69) is 179 Å². The molecule has 0 saturated carbocycles. The highest BCUT2D eigenvalue weighted by atomic mass is 15.0. The molecule has 0 amide bonds. The minimum Gasteiger partial charge on any atom is -0.307 e. The Morgan fingerprint density at radius 1 is 0.304 bits per heavy atom. The summed E-state index contributed by atoms with van der Waals surface area (Å²) < 4.78 is 5.00. The van der Waals surface area contributed by atoms with Crippen LogP contribution in [0.4, 0.5) is 0 Å². The first-order valence-electron chi connectivity index (χ1n) is 15.9. The van der Waals surface area contributed by atoms with Crippen LogP contribution in [0.2, 0.25) is 0 Å². The molecular weight excluding hydrogens is 556 g/mol. The van der Waals surface area contributed by atoms with E-state index in [0.29, 0.717) is 0 Å². The first kappa shape index (κ1) is 25.2. The fourth-order valence-corrected chi connectivity index (χ4v) is 7.69. The van der Waals surface area contributed by atoms with E-state index in [1.165, 1.54) is 82.0 Å². The van der Waals surface area contributed by atoms with Crippen molar-refractivity contribution in [1.82, 2.24) is 9.13 Å². The van der Waals surface area contributed by atoms with Gasteiger partial charge in [0.2, 0.25) is 0 Å². The second-order valence-electron chi connectivity index (χ2n) is 12.1. The average Bonchev–Trinajstić information content (AvgIpc) is 3.64. The van der Waals surface area contributed by atoms with Crippen LogP contribution in [0.15, 0.2) is 170 Å². The number of fused-ring (bicyclic) bond motifs is 9. The molecule has 0 aliphatic carbocycles. The van der Waals surface area contributed by atoms with E-state index in [1.807, 2.05) is 0 Å². The lowest BCUT2D eigenvalue weighted by Crippen LogP contribution is -2.00. The SMILES string of the molecule is c1ccc(-n2c3ccccc3c3ccc4c5ccccc5n(-c5ccc6ccccc6c5)c4c32)c(-c2cccc3ccccc23)c1. The molecule has 214 valence electrons. The fourth-order valence-electron chi connectivity index (χ4n) is 7.69. The summed E-state index contributed by atoms with van der Waals surface area (Å²) in [4.78, 5) is 0. The molecule has 0 fully saturated rings. The van der Waals surface area contributed by atoms with Crippen LogP contribution in [0.1, 0.15) is 0 Å². The van der Waals surface area contributed by atoms with Gasteiger partial charge in [-0.05, 0) is 57.4 Å². The summed E-state index contributed by atoms with van der Waals surface area (Å²) in [6.45, 7) is 0. The van der Waals surface area contributed by atoms with Crippen molar-refractivity contribution in [1.29, 1.82) is 0 Å². The second kappa shape index (κ2) is 9.69. The summed E-state index contributed by atoms with van der Waals surface area (Å²) in [6.07, 6.45) is 0.